The van der Waals surface area contributed by atoms with Crippen LogP contribution < -0.4 is 0 Å². The van der Waals surface area contributed by atoms with Gasteiger partial charge in [0.25, 0.3) is 0 Å². The summed E-state index contributed by atoms with van der Waals surface area (Å²) in [6.07, 6.45) is 2.04. The first-order valence-corrected chi connectivity index (χ1v) is 7.30. The van der Waals surface area contributed by atoms with E-state index < -0.39 is 0 Å². The molecule has 0 N–H and O–H groups in total. The molecule has 2 rings (SSSR count). The van der Waals surface area contributed by atoms with Gasteiger partial charge in [0.15, 0.2) is 0 Å². The number of ether oxygens (including phenoxy) is 1. The average molecular weight is 265 g/mol. The summed E-state index contributed by atoms with van der Waals surface area (Å²) in [5.41, 5.74) is 1.34. The number of hydrogen-bond donors (Lipinski definition) is 0. The Balaban J connectivity index is 1.86. The summed E-state index contributed by atoms with van der Waals surface area (Å²) >= 11 is 1.75. The van der Waals surface area contributed by atoms with Gasteiger partial charge in [0.2, 0.25) is 5.91 Å². The van der Waals surface area contributed by atoms with Gasteiger partial charge in [-0.1, -0.05) is 30.3 Å². The number of rotatable bonds is 6. The number of methoxy groups -OCH3 is 1. The molecule has 1 unspecified atom stereocenters. The lowest BCUT2D eigenvalue weighted by Crippen LogP contribution is -2.35. The van der Waals surface area contributed by atoms with E-state index in [1.54, 1.807) is 18.9 Å². The molecule has 1 fully saturated rings. The van der Waals surface area contributed by atoms with Crippen LogP contribution in [-0.4, -0.2) is 42.2 Å². The molecule has 0 saturated carbocycles. The summed E-state index contributed by atoms with van der Waals surface area (Å²) in [5, 5.41) is 0.313. The Kier molecular flexibility index (Phi) is 5.08. The number of amides is 1. The van der Waals surface area contributed by atoms with Gasteiger partial charge in [0.1, 0.15) is 0 Å². The van der Waals surface area contributed by atoms with E-state index in [1.165, 1.54) is 5.56 Å². The Hall–Kier alpha value is -1.00. The van der Waals surface area contributed by atoms with Gasteiger partial charge in [-0.05, 0) is 18.4 Å². The Labute approximate surface area is 113 Å². The highest BCUT2D eigenvalue weighted by molar-refractivity contribution is 8.00. The topological polar surface area (TPSA) is 29.5 Å². The molecule has 1 saturated heterocycles. The number of thioether (sulfide) groups is 1. The molecule has 1 aliphatic heterocycles. The summed E-state index contributed by atoms with van der Waals surface area (Å²) in [7, 11) is 1.67. The minimum atomic E-state index is 0.245. The molecule has 1 aromatic rings. The minimum Gasteiger partial charge on any atom is -0.383 e. The monoisotopic (exact) mass is 265 g/mol. The van der Waals surface area contributed by atoms with E-state index in [1.807, 2.05) is 11.0 Å². The maximum Gasteiger partial charge on any atom is 0.233 e. The van der Waals surface area contributed by atoms with Crippen LogP contribution in [0.15, 0.2) is 30.3 Å². The molecule has 1 heterocycles. The first kappa shape index (κ1) is 13.4. The van der Waals surface area contributed by atoms with Gasteiger partial charge in [-0.25, -0.2) is 0 Å². The second-order valence-corrected chi connectivity index (χ2v) is 5.54. The molecule has 1 aromatic carbocycles. The molecular formula is C14H19NO2S. The zero-order valence-corrected chi connectivity index (χ0v) is 11.5. The lowest BCUT2D eigenvalue weighted by molar-refractivity contribution is -0.128. The number of benzene rings is 1. The summed E-state index contributed by atoms with van der Waals surface area (Å²) in [4.78, 5) is 13.7. The van der Waals surface area contributed by atoms with Crippen molar-refractivity contribution in [2.75, 3.05) is 26.0 Å². The second-order valence-electron chi connectivity index (χ2n) is 4.37. The highest BCUT2D eigenvalue weighted by Crippen LogP contribution is 2.28. The van der Waals surface area contributed by atoms with Crippen LogP contribution in [0.25, 0.3) is 0 Å². The van der Waals surface area contributed by atoms with Crippen molar-refractivity contribution in [2.24, 2.45) is 0 Å². The van der Waals surface area contributed by atoms with Gasteiger partial charge in [-0.3, -0.25) is 4.79 Å². The molecule has 0 spiro atoms. The summed E-state index contributed by atoms with van der Waals surface area (Å²) in [6.45, 7) is 1.33. The van der Waals surface area contributed by atoms with Crippen molar-refractivity contribution in [1.82, 2.24) is 4.90 Å². The van der Waals surface area contributed by atoms with Crippen molar-refractivity contribution in [1.29, 1.82) is 0 Å². The lowest BCUT2D eigenvalue weighted by atomic mass is 10.1. The number of hydrogen-bond acceptors (Lipinski definition) is 3. The molecule has 4 heteroatoms. The van der Waals surface area contributed by atoms with Crippen molar-refractivity contribution < 1.29 is 9.53 Å². The largest absolute Gasteiger partial charge is 0.383 e. The standard InChI is InChI=1S/C14H19NO2S/c1-17-10-9-15-13(16)11-18-14(15)8-7-12-5-3-2-4-6-12/h2-6,14H,7-11H2,1H3. The Morgan fingerprint density at radius 2 is 2.17 bits per heavy atom. The van der Waals surface area contributed by atoms with Gasteiger partial charge in [-0.15, -0.1) is 11.8 Å². The van der Waals surface area contributed by atoms with Crippen LogP contribution in [0, 0.1) is 0 Å². The average Bonchev–Trinajstić information content (AvgIpc) is 2.76. The first-order valence-electron chi connectivity index (χ1n) is 6.25. The zero-order chi connectivity index (χ0) is 12.8. The Morgan fingerprint density at radius 1 is 1.39 bits per heavy atom. The summed E-state index contributed by atoms with van der Waals surface area (Å²) < 4.78 is 5.06. The van der Waals surface area contributed by atoms with Crippen LogP contribution in [-0.2, 0) is 16.0 Å². The van der Waals surface area contributed by atoms with Crippen molar-refractivity contribution in [3.63, 3.8) is 0 Å². The number of nitrogens with zero attached hydrogens (tertiary/aromatic N) is 1. The normalized spacial score (nSPS) is 19.5. The predicted molar refractivity (Wildman–Crippen MR) is 74.6 cm³/mol. The highest BCUT2D eigenvalue weighted by atomic mass is 32.2. The minimum absolute atomic E-state index is 0.245. The van der Waals surface area contributed by atoms with Gasteiger partial charge in [0, 0.05) is 13.7 Å². The summed E-state index contributed by atoms with van der Waals surface area (Å²) in [6, 6.07) is 10.4. The van der Waals surface area contributed by atoms with Crippen LogP contribution in [0.2, 0.25) is 0 Å². The number of aryl methyl sites for hydroxylation is 1. The SMILES string of the molecule is COCCN1C(=O)CSC1CCc1ccccc1. The molecular weight excluding hydrogens is 246 g/mol. The maximum atomic E-state index is 11.8. The van der Waals surface area contributed by atoms with E-state index >= 15 is 0 Å². The fourth-order valence-electron chi connectivity index (χ4n) is 2.13. The third-order valence-electron chi connectivity index (χ3n) is 3.13. The van der Waals surface area contributed by atoms with E-state index in [4.69, 9.17) is 4.74 Å². The molecule has 1 amide bonds. The third kappa shape index (κ3) is 3.50. The predicted octanol–water partition coefficient (Wildman–Crippen LogP) is 2.17. The molecule has 0 bridgehead atoms. The zero-order valence-electron chi connectivity index (χ0n) is 10.7. The van der Waals surface area contributed by atoms with Crippen molar-refractivity contribution in [2.45, 2.75) is 18.2 Å². The third-order valence-corrected chi connectivity index (χ3v) is 4.41. The fourth-order valence-corrected chi connectivity index (χ4v) is 3.32. The van der Waals surface area contributed by atoms with Gasteiger partial charge < -0.3 is 9.64 Å². The maximum absolute atomic E-state index is 11.8. The first-order chi connectivity index (χ1) is 8.81. The smallest absolute Gasteiger partial charge is 0.233 e. The van der Waals surface area contributed by atoms with Crippen molar-refractivity contribution >= 4 is 17.7 Å². The van der Waals surface area contributed by atoms with Gasteiger partial charge in [-0.2, -0.15) is 0 Å². The van der Waals surface area contributed by atoms with Gasteiger partial charge >= 0.3 is 0 Å². The van der Waals surface area contributed by atoms with Crippen LogP contribution in [0.4, 0.5) is 0 Å². The van der Waals surface area contributed by atoms with Crippen LogP contribution >= 0.6 is 11.8 Å². The molecule has 0 aliphatic carbocycles. The molecule has 98 valence electrons. The Bertz CT molecular complexity index is 383. The molecule has 1 aliphatic rings. The Morgan fingerprint density at radius 3 is 2.89 bits per heavy atom. The van der Waals surface area contributed by atoms with Gasteiger partial charge in [0.05, 0.1) is 17.7 Å². The van der Waals surface area contributed by atoms with Crippen molar-refractivity contribution in [3.8, 4) is 0 Å². The molecule has 1 atom stereocenters. The number of carbonyl (C=O) groups excluding carboxylic acids is 1. The molecule has 3 nitrogen and oxygen atoms in total. The van der Waals surface area contributed by atoms with Crippen LogP contribution in [0.1, 0.15) is 12.0 Å². The quantitative estimate of drug-likeness (QED) is 0.789. The van der Waals surface area contributed by atoms with Crippen LogP contribution in [0.3, 0.4) is 0 Å². The van der Waals surface area contributed by atoms with Crippen molar-refractivity contribution in [3.05, 3.63) is 35.9 Å². The van der Waals surface area contributed by atoms with E-state index in [-0.39, 0.29) is 5.91 Å². The van der Waals surface area contributed by atoms with E-state index in [9.17, 15) is 4.79 Å². The lowest BCUT2D eigenvalue weighted by Gasteiger charge is -2.23. The molecule has 0 aromatic heterocycles. The van der Waals surface area contributed by atoms with E-state index in [0.717, 1.165) is 12.8 Å². The molecule has 0 radical (unpaired) electrons. The van der Waals surface area contributed by atoms with E-state index in [0.29, 0.717) is 24.3 Å². The number of carbonyl (C=O) groups is 1. The van der Waals surface area contributed by atoms with E-state index in [2.05, 4.69) is 24.3 Å². The second kappa shape index (κ2) is 6.81. The molecule has 18 heavy (non-hydrogen) atoms. The summed E-state index contributed by atoms with van der Waals surface area (Å²) in [5.74, 6) is 0.860. The van der Waals surface area contributed by atoms with Crippen LogP contribution in [0.5, 0.6) is 0 Å². The fraction of sp³-hybridized carbons (Fsp3) is 0.500. The highest BCUT2D eigenvalue weighted by Gasteiger charge is 2.30.